The predicted molar refractivity (Wildman–Crippen MR) is 80.1 cm³/mol. The van der Waals surface area contributed by atoms with Gasteiger partial charge in [0.2, 0.25) is 0 Å². The summed E-state index contributed by atoms with van der Waals surface area (Å²) in [5.74, 6) is -0.881. The summed E-state index contributed by atoms with van der Waals surface area (Å²) in [5, 5.41) is 10.6. The number of nitro benzene ring substituents is 1. The minimum absolute atomic E-state index is 0.0430. The van der Waals surface area contributed by atoms with Gasteiger partial charge in [-0.15, -0.1) is 6.58 Å². The summed E-state index contributed by atoms with van der Waals surface area (Å²) in [6.45, 7) is 6.34. The van der Waals surface area contributed by atoms with E-state index in [0.717, 1.165) is 24.3 Å². The average Bonchev–Trinajstić information content (AvgIpc) is 2.47. The smallest absolute Gasteiger partial charge is 0.327 e. The summed E-state index contributed by atoms with van der Waals surface area (Å²) in [7, 11) is -4.10. The lowest BCUT2D eigenvalue weighted by molar-refractivity contribution is -0.384. The Labute approximate surface area is 128 Å². The molecule has 0 N–H and O–H groups in total. The van der Waals surface area contributed by atoms with Gasteiger partial charge in [-0.2, -0.15) is 0 Å². The second-order valence-electron chi connectivity index (χ2n) is 4.70. The first-order chi connectivity index (χ1) is 10.2. The number of hydrogen-bond donors (Lipinski definition) is 0. The van der Waals surface area contributed by atoms with E-state index in [1.54, 1.807) is 6.92 Å². The zero-order valence-electron chi connectivity index (χ0n) is 12.3. The zero-order valence-corrected chi connectivity index (χ0v) is 13.1. The van der Waals surface area contributed by atoms with Crippen molar-refractivity contribution >= 4 is 21.5 Å². The van der Waals surface area contributed by atoms with Crippen LogP contribution in [0.2, 0.25) is 0 Å². The van der Waals surface area contributed by atoms with Crippen molar-refractivity contribution in [1.29, 1.82) is 0 Å². The molecule has 0 heterocycles. The second kappa shape index (κ2) is 6.69. The summed E-state index contributed by atoms with van der Waals surface area (Å²) < 4.78 is 28.5. The Morgan fingerprint density at radius 2 is 1.95 bits per heavy atom. The van der Waals surface area contributed by atoms with E-state index in [-0.39, 0.29) is 23.6 Å². The Kier molecular flexibility index (Phi) is 5.43. The van der Waals surface area contributed by atoms with Crippen LogP contribution in [0.1, 0.15) is 20.3 Å². The van der Waals surface area contributed by atoms with E-state index >= 15 is 0 Å². The van der Waals surface area contributed by atoms with Gasteiger partial charge in [-0.05, 0) is 32.4 Å². The monoisotopic (exact) mass is 327 g/mol. The number of sulfone groups is 1. The minimum atomic E-state index is -4.10. The van der Waals surface area contributed by atoms with Crippen molar-refractivity contribution in [3.63, 3.8) is 0 Å². The van der Waals surface area contributed by atoms with Gasteiger partial charge in [0.05, 0.1) is 16.4 Å². The van der Waals surface area contributed by atoms with Gasteiger partial charge >= 0.3 is 5.97 Å². The van der Waals surface area contributed by atoms with Crippen LogP contribution in [0.5, 0.6) is 0 Å². The molecule has 0 saturated heterocycles. The number of esters is 1. The number of allylic oxidation sites excluding steroid dienone is 1. The maximum absolute atomic E-state index is 12.7. The molecule has 0 aliphatic rings. The zero-order chi connectivity index (χ0) is 17.0. The van der Waals surface area contributed by atoms with Crippen LogP contribution in [0.25, 0.3) is 0 Å². The number of benzene rings is 1. The third-order valence-electron chi connectivity index (χ3n) is 3.19. The normalized spacial score (nSPS) is 13.9. The molecule has 0 saturated carbocycles. The fourth-order valence-corrected chi connectivity index (χ4v) is 3.50. The Morgan fingerprint density at radius 1 is 1.41 bits per heavy atom. The van der Waals surface area contributed by atoms with Crippen molar-refractivity contribution in [3.8, 4) is 0 Å². The fourth-order valence-electron chi connectivity index (χ4n) is 1.87. The molecule has 1 unspecified atom stereocenters. The molecule has 1 aromatic rings. The van der Waals surface area contributed by atoms with Crippen LogP contribution in [-0.4, -0.2) is 30.7 Å². The lowest BCUT2D eigenvalue weighted by Crippen LogP contribution is -2.44. The Morgan fingerprint density at radius 3 is 2.36 bits per heavy atom. The van der Waals surface area contributed by atoms with E-state index in [1.165, 1.54) is 13.0 Å². The van der Waals surface area contributed by atoms with Crippen molar-refractivity contribution in [2.45, 2.75) is 29.9 Å². The number of hydrogen-bond acceptors (Lipinski definition) is 6. The largest absolute Gasteiger partial charge is 0.465 e. The maximum Gasteiger partial charge on any atom is 0.327 e. The van der Waals surface area contributed by atoms with Crippen molar-refractivity contribution < 1.29 is 22.9 Å². The van der Waals surface area contributed by atoms with Gasteiger partial charge in [-0.25, -0.2) is 8.42 Å². The number of rotatable bonds is 7. The van der Waals surface area contributed by atoms with Crippen molar-refractivity contribution in [2.24, 2.45) is 0 Å². The van der Waals surface area contributed by atoms with Gasteiger partial charge in [0.1, 0.15) is 0 Å². The highest BCUT2D eigenvalue weighted by Crippen LogP contribution is 2.31. The number of carbonyl (C=O) groups is 1. The van der Waals surface area contributed by atoms with E-state index in [0.29, 0.717) is 0 Å². The van der Waals surface area contributed by atoms with Crippen LogP contribution >= 0.6 is 0 Å². The summed E-state index contributed by atoms with van der Waals surface area (Å²) in [6.07, 6.45) is 1.19. The van der Waals surface area contributed by atoms with Crippen LogP contribution in [0.15, 0.2) is 41.8 Å². The molecule has 7 nitrogen and oxygen atoms in total. The standard InChI is InChI=1S/C14H17NO6S/c1-4-10-14(3,13(16)21-5-2)22(19,20)12-8-6-11(7-9-12)15(17)18/h4,6-9H,1,5,10H2,2-3H3. The van der Waals surface area contributed by atoms with Gasteiger partial charge in [-0.3, -0.25) is 14.9 Å². The topological polar surface area (TPSA) is 104 Å². The SMILES string of the molecule is C=CCC(C)(C(=O)OCC)S(=O)(=O)c1ccc([N+](=O)[O-])cc1. The van der Waals surface area contributed by atoms with Crippen molar-refractivity contribution in [3.05, 3.63) is 47.0 Å². The summed E-state index contributed by atoms with van der Waals surface area (Å²) in [4.78, 5) is 21.9. The number of nitro groups is 1. The lowest BCUT2D eigenvalue weighted by atomic mass is 10.1. The van der Waals surface area contributed by atoms with Crippen LogP contribution in [0, 0.1) is 10.1 Å². The van der Waals surface area contributed by atoms with Crippen LogP contribution in [0.4, 0.5) is 5.69 Å². The third kappa shape index (κ3) is 3.16. The summed E-state index contributed by atoms with van der Waals surface area (Å²) >= 11 is 0. The van der Waals surface area contributed by atoms with E-state index in [1.807, 2.05) is 0 Å². The van der Waals surface area contributed by atoms with Crippen LogP contribution < -0.4 is 0 Å². The van der Waals surface area contributed by atoms with E-state index < -0.39 is 25.5 Å². The first kappa shape index (κ1) is 17.8. The molecule has 0 aliphatic carbocycles. The number of ether oxygens (including phenoxy) is 1. The fraction of sp³-hybridized carbons (Fsp3) is 0.357. The molecule has 1 rings (SSSR count). The minimum Gasteiger partial charge on any atom is -0.465 e. The molecule has 0 aromatic heterocycles. The summed E-state index contributed by atoms with van der Waals surface area (Å²) in [6, 6.07) is 4.36. The molecule has 0 spiro atoms. The number of non-ortho nitro benzene ring substituents is 1. The molecule has 1 aromatic carbocycles. The molecule has 120 valence electrons. The number of carbonyl (C=O) groups excluding carboxylic acids is 1. The van der Waals surface area contributed by atoms with E-state index in [2.05, 4.69) is 6.58 Å². The van der Waals surface area contributed by atoms with Gasteiger partial charge < -0.3 is 4.74 Å². The molecular formula is C14H17NO6S. The van der Waals surface area contributed by atoms with E-state index in [4.69, 9.17) is 4.74 Å². The molecule has 0 amide bonds. The molecule has 1 atom stereocenters. The Balaban J connectivity index is 3.36. The molecule has 22 heavy (non-hydrogen) atoms. The highest BCUT2D eigenvalue weighted by atomic mass is 32.2. The van der Waals surface area contributed by atoms with Gasteiger partial charge in [0.25, 0.3) is 5.69 Å². The Bertz CT molecular complexity index is 680. The van der Waals surface area contributed by atoms with Gasteiger partial charge in [0, 0.05) is 12.1 Å². The van der Waals surface area contributed by atoms with E-state index in [9.17, 15) is 23.3 Å². The first-order valence-corrected chi connectivity index (χ1v) is 7.96. The molecule has 0 bridgehead atoms. The number of nitrogens with zero attached hydrogens (tertiary/aromatic N) is 1. The molecule has 0 fully saturated rings. The highest BCUT2D eigenvalue weighted by Gasteiger charge is 2.47. The predicted octanol–water partition coefficient (Wildman–Crippen LogP) is 2.27. The molecule has 0 radical (unpaired) electrons. The maximum atomic E-state index is 12.7. The molecule has 8 heteroatoms. The van der Waals surface area contributed by atoms with Crippen molar-refractivity contribution in [2.75, 3.05) is 6.61 Å². The molecular weight excluding hydrogens is 310 g/mol. The van der Waals surface area contributed by atoms with Crippen molar-refractivity contribution in [1.82, 2.24) is 0 Å². The third-order valence-corrected chi connectivity index (χ3v) is 5.60. The second-order valence-corrected chi connectivity index (χ2v) is 7.08. The van der Waals surface area contributed by atoms with Gasteiger partial charge in [0.15, 0.2) is 14.6 Å². The first-order valence-electron chi connectivity index (χ1n) is 6.48. The Hall–Kier alpha value is -2.22. The lowest BCUT2D eigenvalue weighted by Gasteiger charge is -2.25. The van der Waals surface area contributed by atoms with Crippen LogP contribution in [-0.2, 0) is 19.4 Å². The van der Waals surface area contributed by atoms with Gasteiger partial charge in [-0.1, -0.05) is 6.08 Å². The summed E-state index contributed by atoms with van der Waals surface area (Å²) in [5.41, 5.74) is -0.236. The highest BCUT2D eigenvalue weighted by molar-refractivity contribution is 7.93. The molecule has 0 aliphatic heterocycles. The average molecular weight is 327 g/mol. The quantitative estimate of drug-likeness (QED) is 0.329. The van der Waals surface area contributed by atoms with Crippen LogP contribution in [0.3, 0.4) is 0 Å².